The van der Waals surface area contributed by atoms with Gasteiger partial charge in [-0.1, -0.05) is 117 Å². The van der Waals surface area contributed by atoms with Crippen LogP contribution in [0, 0.1) is 0 Å². The fourth-order valence-corrected chi connectivity index (χ4v) is 11.5. The van der Waals surface area contributed by atoms with Crippen LogP contribution in [0.15, 0.2) is 140 Å². The minimum atomic E-state index is -0.0531. The second kappa shape index (κ2) is 13.2. The summed E-state index contributed by atoms with van der Waals surface area (Å²) < 4.78 is 7.57. The van der Waals surface area contributed by atoms with Gasteiger partial charge in [0.1, 0.15) is 0 Å². The minimum absolute atomic E-state index is 0.0130. The number of nitrogens with zero attached hydrogens (tertiary/aromatic N) is 3. The molecule has 0 amide bonds. The van der Waals surface area contributed by atoms with Gasteiger partial charge in [-0.05, 0) is 130 Å². The van der Waals surface area contributed by atoms with Crippen molar-refractivity contribution in [3.05, 3.63) is 172 Å². The number of thiophene rings is 1. The predicted molar refractivity (Wildman–Crippen MR) is 279 cm³/mol. The van der Waals surface area contributed by atoms with Gasteiger partial charge in [0.15, 0.2) is 0 Å². The summed E-state index contributed by atoms with van der Waals surface area (Å²) in [5.41, 5.74) is 13.5. The average Bonchev–Trinajstić information content (AvgIpc) is 4.05. The maximum Gasteiger partial charge on any atom is 0.0620 e. The van der Waals surface area contributed by atoms with Crippen molar-refractivity contribution in [1.29, 1.82) is 0 Å². The summed E-state index contributed by atoms with van der Waals surface area (Å²) in [5, 5.41) is 12.5. The van der Waals surface area contributed by atoms with Crippen molar-refractivity contribution in [2.75, 3.05) is 4.90 Å². The van der Waals surface area contributed by atoms with Gasteiger partial charge in [-0.25, -0.2) is 0 Å². The summed E-state index contributed by atoms with van der Waals surface area (Å²) in [5.74, 6) is 0. The van der Waals surface area contributed by atoms with Crippen LogP contribution < -0.4 is 15.5 Å². The molecule has 0 N–H and O–H groups in total. The molecule has 0 unspecified atom stereocenters. The summed E-state index contributed by atoms with van der Waals surface area (Å²) in [6.45, 7) is 25.8. The maximum atomic E-state index is 4.96. The Morgan fingerprint density at radius 2 is 1.08 bits per heavy atom. The van der Waals surface area contributed by atoms with Gasteiger partial charge >= 0.3 is 0 Å². The molecule has 0 aliphatic heterocycles. The summed E-state index contributed by atoms with van der Waals surface area (Å²) >= 11 is 1.86. The lowest BCUT2D eigenvalue weighted by atomic mass is 9.84. The number of hydrogen-bond acceptors (Lipinski definition) is 2. The molecule has 0 aliphatic rings. The van der Waals surface area contributed by atoms with Gasteiger partial charge in [0.25, 0.3) is 0 Å². The Hall–Kier alpha value is -6.62. The van der Waals surface area contributed by atoms with Crippen LogP contribution in [0.3, 0.4) is 0 Å². The molecule has 0 saturated carbocycles. The first kappa shape index (κ1) is 39.0. The van der Waals surface area contributed by atoms with Crippen molar-refractivity contribution < 1.29 is 0 Å². The molecule has 0 bridgehead atoms. The van der Waals surface area contributed by atoms with Crippen LogP contribution in [0.2, 0.25) is 0 Å². The summed E-state index contributed by atoms with van der Waals surface area (Å²) in [6, 6.07) is 52.8. The maximum absolute atomic E-state index is 4.96. The van der Waals surface area contributed by atoms with Crippen LogP contribution in [0.4, 0.5) is 17.1 Å². The van der Waals surface area contributed by atoms with Crippen molar-refractivity contribution in [2.24, 2.45) is 0 Å². The topological polar surface area (TPSA) is 12.1 Å². The van der Waals surface area contributed by atoms with Crippen LogP contribution in [0.5, 0.6) is 0 Å². The van der Waals surface area contributed by atoms with Crippen molar-refractivity contribution >= 4 is 116 Å². The zero-order valence-corrected chi connectivity index (χ0v) is 39.1. The fourth-order valence-electron chi connectivity index (χ4n) is 10.4. The molecular weight excluding hydrogens is 795 g/mol. The number of benzene rings is 7. The molecule has 0 spiro atoms. The first-order valence-electron chi connectivity index (χ1n) is 22.7. The van der Waals surface area contributed by atoms with E-state index in [0.29, 0.717) is 0 Å². The molecule has 0 atom stereocenters. The van der Waals surface area contributed by atoms with Gasteiger partial charge in [0, 0.05) is 85.8 Å². The van der Waals surface area contributed by atoms with E-state index >= 15 is 0 Å². The molecule has 0 aliphatic carbocycles. The molecule has 3 nitrogen and oxygen atoms in total. The molecule has 4 heteroatoms. The first-order chi connectivity index (χ1) is 30.5. The van der Waals surface area contributed by atoms with Crippen LogP contribution >= 0.6 is 11.3 Å². The lowest BCUT2D eigenvalue weighted by Gasteiger charge is -2.25. The van der Waals surface area contributed by atoms with Gasteiger partial charge in [-0.15, -0.1) is 11.3 Å². The molecule has 5 heterocycles. The van der Waals surface area contributed by atoms with Crippen molar-refractivity contribution in [3.63, 3.8) is 0 Å². The number of anilines is 3. The highest BCUT2D eigenvalue weighted by atomic mass is 32.1. The summed E-state index contributed by atoms with van der Waals surface area (Å²) in [4.78, 5) is 2.41. The molecule has 0 fully saturated rings. The summed E-state index contributed by atoms with van der Waals surface area (Å²) in [7, 11) is 0. The number of aromatic nitrogens is 2. The number of hydrogen-bond donors (Lipinski definition) is 0. The Morgan fingerprint density at radius 1 is 0.453 bits per heavy atom. The third-order valence-corrected chi connectivity index (χ3v) is 15.1. The first-order valence-corrected chi connectivity index (χ1v) is 23.5. The highest BCUT2D eigenvalue weighted by Crippen LogP contribution is 2.44. The van der Waals surface area contributed by atoms with E-state index in [1.165, 1.54) is 102 Å². The minimum Gasteiger partial charge on any atom is -0.310 e. The molecule has 7 aromatic carbocycles. The van der Waals surface area contributed by atoms with E-state index in [2.05, 4.69) is 222 Å². The number of fused-ring (bicyclic) bond motifs is 9. The Labute approximate surface area is 378 Å². The van der Waals surface area contributed by atoms with Crippen LogP contribution in [0.25, 0.3) is 87.2 Å². The van der Waals surface area contributed by atoms with E-state index < -0.39 is 0 Å². The number of rotatable bonds is 4. The predicted octanol–water partition coefficient (Wildman–Crippen LogP) is 15.6. The smallest absolute Gasteiger partial charge is 0.0620 e. The van der Waals surface area contributed by atoms with Gasteiger partial charge in [-0.3, -0.25) is 0 Å². The van der Waals surface area contributed by atoms with Gasteiger partial charge in [0.2, 0.25) is 0 Å². The summed E-state index contributed by atoms with van der Waals surface area (Å²) in [6.07, 6.45) is 2.43. The van der Waals surface area contributed by atoms with E-state index in [9.17, 15) is 0 Å². The normalized spacial score (nSPS) is 13.5. The Morgan fingerprint density at radius 3 is 1.83 bits per heavy atom. The molecule has 12 rings (SSSR count). The highest BCUT2D eigenvalue weighted by Gasteiger charge is 2.26. The van der Waals surface area contributed by atoms with E-state index in [0.717, 1.165) is 22.4 Å². The van der Waals surface area contributed by atoms with Crippen LogP contribution in [-0.4, -0.2) is 8.80 Å². The zero-order valence-electron chi connectivity index (χ0n) is 38.3. The van der Waals surface area contributed by atoms with E-state index in [1.807, 2.05) is 11.3 Å². The second-order valence-corrected chi connectivity index (χ2v) is 22.3. The molecule has 12 aromatic rings. The molecule has 314 valence electrons. The van der Waals surface area contributed by atoms with Crippen molar-refractivity contribution in [1.82, 2.24) is 8.80 Å². The third-order valence-electron chi connectivity index (χ3n) is 14.0. The van der Waals surface area contributed by atoms with E-state index in [1.54, 1.807) is 0 Å². The Balaban J connectivity index is 1.14. The fraction of sp³-hybridized carbons (Fsp3) is 0.200. The quantitative estimate of drug-likeness (QED) is 0.172. The van der Waals surface area contributed by atoms with Crippen LogP contribution in [0.1, 0.15) is 84.7 Å². The van der Waals surface area contributed by atoms with Crippen LogP contribution in [-0.2, 0) is 16.2 Å². The van der Waals surface area contributed by atoms with E-state index in [-0.39, 0.29) is 16.2 Å². The lowest BCUT2D eigenvalue weighted by Crippen LogP contribution is -2.24. The molecule has 0 saturated heterocycles. The largest absolute Gasteiger partial charge is 0.310 e. The highest BCUT2D eigenvalue weighted by molar-refractivity contribution is 7.25. The number of para-hydroxylation sites is 1. The molecule has 5 aromatic heterocycles. The lowest BCUT2D eigenvalue weighted by molar-refractivity contribution is 0.590. The third kappa shape index (κ3) is 5.71. The monoisotopic (exact) mass is 847 g/mol. The Bertz CT molecular complexity index is 3970. The molecule has 0 radical (unpaired) electrons. The van der Waals surface area contributed by atoms with Crippen molar-refractivity contribution in [3.8, 4) is 0 Å². The van der Waals surface area contributed by atoms with E-state index in [4.69, 9.17) is 6.58 Å². The SMILES string of the molecule is C=c1/c(=C\c2cc3cc(C(C)(C)C)cc4c5cc(C(C)(C)C)ccc5n2c34)c2cc(C(C)(C)C)cc3c4ccc(N(c5ccccc5)c5ccc6sc7ccccc7c6c5)cc4n1c23. The van der Waals surface area contributed by atoms with Crippen molar-refractivity contribution in [2.45, 2.75) is 78.6 Å². The van der Waals surface area contributed by atoms with Gasteiger partial charge in [0.05, 0.1) is 22.1 Å². The van der Waals surface area contributed by atoms with Gasteiger partial charge < -0.3 is 13.7 Å². The average molecular weight is 848 g/mol. The molecular formula is C60H53N3S. The molecule has 64 heavy (non-hydrogen) atoms. The second-order valence-electron chi connectivity index (χ2n) is 21.3. The Kier molecular flexibility index (Phi) is 8.06. The zero-order chi connectivity index (χ0) is 44.2. The standard InChI is InChI=1S/C60H53N3S/c1-35-46(33-43-27-36-26-38(59(5,6)7)29-51-47-28-37(58(2,3)4)20-24-52(47)63(43)56(36)51)50-31-39(60(8,9)10)30-49-44-23-21-42(34-53(44)61(35)57(49)50)62(40-16-12-11-13-17-40)41-22-25-55-48(32-41)45-18-14-15-19-54(45)64-55/h11-34H,1H2,2-10H3/b46-33+. The van der Waals surface area contributed by atoms with Gasteiger partial charge in [-0.2, -0.15) is 0 Å².